The van der Waals surface area contributed by atoms with Gasteiger partial charge in [0.2, 0.25) is 0 Å². The molecule has 0 unspecified atom stereocenters. The Balaban J connectivity index is 1.46. The molecule has 0 heterocycles. The van der Waals surface area contributed by atoms with Gasteiger partial charge in [0.15, 0.2) is 5.78 Å². The molecule has 0 N–H and O–H groups in total. The summed E-state index contributed by atoms with van der Waals surface area (Å²) in [7, 11) is 0. The Morgan fingerprint density at radius 2 is 1.14 bits per heavy atom. The Kier molecular flexibility index (Phi) is 16.0. The van der Waals surface area contributed by atoms with Crippen LogP contribution in [0.25, 0.3) is 6.08 Å². The number of carbonyl (C=O) groups is 2. The van der Waals surface area contributed by atoms with Crippen LogP contribution in [-0.2, 0) is 4.79 Å². The van der Waals surface area contributed by atoms with E-state index in [0.717, 1.165) is 18.4 Å². The third-order valence-corrected chi connectivity index (χ3v) is 6.58. The van der Waals surface area contributed by atoms with Crippen LogP contribution in [0.15, 0.2) is 60.7 Å². The lowest BCUT2D eigenvalue weighted by Crippen LogP contribution is -2.07. The van der Waals surface area contributed by atoms with Crippen molar-refractivity contribution in [2.24, 2.45) is 0 Å². The van der Waals surface area contributed by atoms with Gasteiger partial charge in [0.05, 0.1) is 0 Å². The fourth-order valence-corrected chi connectivity index (χ4v) is 4.34. The number of rotatable bonds is 20. The highest BCUT2D eigenvalue weighted by atomic mass is 16.5. The summed E-state index contributed by atoms with van der Waals surface area (Å²) in [5.74, 6) is 0.342. The SMILES string of the molecule is CCCCCCCCCCCCCCCCCC(=O)Oc1ccc(/C=C/C(=O)c2ccccc2)cc1. The van der Waals surface area contributed by atoms with Crippen LogP contribution in [0.4, 0.5) is 0 Å². The molecule has 0 bridgehead atoms. The van der Waals surface area contributed by atoms with E-state index in [0.29, 0.717) is 17.7 Å². The zero-order chi connectivity index (χ0) is 25.7. The summed E-state index contributed by atoms with van der Waals surface area (Å²) in [4.78, 5) is 24.3. The number of hydrogen-bond acceptors (Lipinski definition) is 3. The molecule has 0 aliphatic carbocycles. The first-order valence-electron chi connectivity index (χ1n) is 14.3. The molecule has 0 aromatic heterocycles. The molecule has 0 aliphatic rings. The molecule has 0 atom stereocenters. The molecule has 2 aromatic carbocycles. The molecular formula is C33H46O3. The van der Waals surface area contributed by atoms with E-state index in [2.05, 4.69) is 6.92 Å². The molecule has 0 amide bonds. The van der Waals surface area contributed by atoms with Gasteiger partial charge in [-0.1, -0.05) is 145 Å². The minimum atomic E-state index is -0.174. The Labute approximate surface area is 219 Å². The molecule has 0 radical (unpaired) electrons. The second-order valence-electron chi connectivity index (χ2n) is 9.81. The number of hydrogen-bond donors (Lipinski definition) is 0. The van der Waals surface area contributed by atoms with E-state index in [-0.39, 0.29) is 11.8 Å². The predicted molar refractivity (Wildman–Crippen MR) is 151 cm³/mol. The summed E-state index contributed by atoms with van der Waals surface area (Å²) in [6.07, 6.45) is 23.5. The highest BCUT2D eigenvalue weighted by Crippen LogP contribution is 2.16. The molecule has 0 fully saturated rings. The van der Waals surface area contributed by atoms with Crippen molar-refractivity contribution in [1.29, 1.82) is 0 Å². The van der Waals surface area contributed by atoms with Gasteiger partial charge in [-0.15, -0.1) is 0 Å². The van der Waals surface area contributed by atoms with Crippen molar-refractivity contribution in [2.45, 2.75) is 110 Å². The molecule has 2 aromatic rings. The molecular weight excluding hydrogens is 444 g/mol. The Bertz CT molecular complexity index is 868. The van der Waals surface area contributed by atoms with Crippen LogP contribution in [-0.4, -0.2) is 11.8 Å². The molecule has 196 valence electrons. The van der Waals surface area contributed by atoms with Gasteiger partial charge in [-0.3, -0.25) is 9.59 Å². The average Bonchev–Trinajstić information content (AvgIpc) is 2.90. The number of allylic oxidation sites excluding steroid dienone is 1. The number of esters is 1. The maximum absolute atomic E-state index is 12.2. The van der Waals surface area contributed by atoms with Crippen molar-refractivity contribution in [3.05, 3.63) is 71.8 Å². The summed E-state index contributed by atoms with van der Waals surface area (Å²) in [5.41, 5.74) is 1.56. The Hall–Kier alpha value is -2.68. The molecule has 2 rings (SSSR count). The van der Waals surface area contributed by atoms with E-state index >= 15 is 0 Å². The standard InChI is InChI=1S/C33H46O3/c1-2-3-4-5-6-7-8-9-10-11-12-13-14-15-19-22-33(35)36-31-26-23-29(24-27-31)25-28-32(34)30-20-17-16-18-21-30/h16-18,20-21,23-28H,2-15,19,22H2,1H3/b28-25+. The minimum Gasteiger partial charge on any atom is -0.427 e. The summed E-state index contributed by atoms with van der Waals surface area (Å²) < 4.78 is 5.45. The van der Waals surface area contributed by atoms with Crippen LogP contribution < -0.4 is 4.74 Å². The summed E-state index contributed by atoms with van der Waals surface area (Å²) in [6, 6.07) is 16.4. The van der Waals surface area contributed by atoms with Crippen LogP contribution >= 0.6 is 0 Å². The zero-order valence-electron chi connectivity index (χ0n) is 22.4. The van der Waals surface area contributed by atoms with Crippen LogP contribution in [0, 0.1) is 0 Å². The number of ketones is 1. The van der Waals surface area contributed by atoms with Crippen molar-refractivity contribution in [2.75, 3.05) is 0 Å². The number of ether oxygens (including phenoxy) is 1. The third-order valence-electron chi connectivity index (χ3n) is 6.58. The molecule has 0 aliphatic heterocycles. The highest BCUT2D eigenvalue weighted by molar-refractivity contribution is 6.06. The lowest BCUT2D eigenvalue weighted by molar-refractivity contribution is -0.134. The maximum atomic E-state index is 12.2. The third kappa shape index (κ3) is 14.0. The van der Waals surface area contributed by atoms with Crippen LogP contribution in [0.5, 0.6) is 5.75 Å². The molecule has 0 saturated heterocycles. The Morgan fingerprint density at radius 1 is 0.639 bits per heavy atom. The van der Waals surface area contributed by atoms with E-state index < -0.39 is 0 Å². The second kappa shape index (κ2) is 19.5. The van der Waals surface area contributed by atoms with Crippen molar-refractivity contribution in [3.8, 4) is 5.75 Å². The lowest BCUT2D eigenvalue weighted by Gasteiger charge is -2.05. The van der Waals surface area contributed by atoms with Gasteiger partial charge < -0.3 is 4.74 Å². The van der Waals surface area contributed by atoms with Gasteiger partial charge >= 0.3 is 5.97 Å². The first kappa shape index (κ1) is 29.5. The number of benzene rings is 2. The van der Waals surface area contributed by atoms with E-state index in [1.165, 1.54) is 83.5 Å². The number of carbonyl (C=O) groups excluding carboxylic acids is 2. The minimum absolute atomic E-state index is 0.0328. The fraction of sp³-hybridized carbons (Fsp3) is 0.515. The quantitative estimate of drug-likeness (QED) is 0.0610. The van der Waals surface area contributed by atoms with Gasteiger partial charge in [-0.25, -0.2) is 0 Å². The molecule has 0 spiro atoms. The van der Waals surface area contributed by atoms with Crippen molar-refractivity contribution in [1.82, 2.24) is 0 Å². The molecule has 0 saturated carbocycles. The van der Waals surface area contributed by atoms with Gasteiger partial charge in [0, 0.05) is 12.0 Å². The van der Waals surface area contributed by atoms with Crippen molar-refractivity contribution in [3.63, 3.8) is 0 Å². The predicted octanol–water partition coefficient (Wildman–Crippen LogP) is 9.75. The van der Waals surface area contributed by atoms with E-state index in [1.807, 2.05) is 30.3 Å². The molecule has 36 heavy (non-hydrogen) atoms. The Morgan fingerprint density at radius 3 is 1.67 bits per heavy atom. The first-order valence-corrected chi connectivity index (χ1v) is 14.3. The highest BCUT2D eigenvalue weighted by Gasteiger charge is 2.05. The van der Waals surface area contributed by atoms with Gasteiger partial charge in [0.1, 0.15) is 5.75 Å². The van der Waals surface area contributed by atoms with Gasteiger partial charge in [-0.2, -0.15) is 0 Å². The number of unbranched alkanes of at least 4 members (excludes halogenated alkanes) is 14. The molecule has 3 nitrogen and oxygen atoms in total. The zero-order valence-corrected chi connectivity index (χ0v) is 22.4. The van der Waals surface area contributed by atoms with Gasteiger partial charge in [0.25, 0.3) is 0 Å². The lowest BCUT2D eigenvalue weighted by atomic mass is 10.0. The summed E-state index contributed by atoms with van der Waals surface area (Å²) in [6.45, 7) is 2.27. The van der Waals surface area contributed by atoms with Crippen LogP contribution in [0.3, 0.4) is 0 Å². The first-order chi connectivity index (χ1) is 17.7. The average molecular weight is 491 g/mol. The van der Waals surface area contributed by atoms with Crippen molar-refractivity contribution >= 4 is 17.8 Å². The fourth-order valence-electron chi connectivity index (χ4n) is 4.34. The normalized spacial score (nSPS) is 11.1. The van der Waals surface area contributed by atoms with Gasteiger partial charge in [-0.05, 0) is 30.2 Å². The van der Waals surface area contributed by atoms with E-state index in [1.54, 1.807) is 36.4 Å². The smallest absolute Gasteiger partial charge is 0.311 e. The largest absolute Gasteiger partial charge is 0.427 e. The summed E-state index contributed by atoms with van der Waals surface area (Å²) in [5, 5.41) is 0. The van der Waals surface area contributed by atoms with E-state index in [9.17, 15) is 9.59 Å². The topological polar surface area (TPSA) is 43.4 Å². The molecule has 3 heteroatoms. The monoisotopic (exact) mass is 490 g/mol. The van der Waals surface area contributed by atoms with Crippen LogP contribution in [0.2, 0.25) is 0 Å². The summed E-state index contributed by atoms with van der Waals surface area (Å²) >= 11 is 0. The second-order valence-corrected chi connectivity index (χ2v) is 9.81. The van der Waals surface area contributed by atoms with E-state index in [4.69, 9.17) is 4.74 Å². The van der Waals surface area contributed by atoms with Crippen molar-refractivity contribution < 1.29 is 14.3 Å². The maximum Gasteiger partial charge on any atom is 0.311 e. The van der Waals surface area contributed by atoms with Crippen LogP contribution in [0.1, 0.15) is 126 Å².